The highest BCUT2D eigenvalue weighted by atomic mass is 16.5. The van der Waals surface area contributed by atoms with E-state index in [0.29, 0.717) is 5.92 Å². The number of aromatic nitrogens is 3. The highest BCUT2D eigenvalue weighted by molar-refractivity contribution is 4.99. The Morgan fingerprint density at radius 2 is 2.46 bits per heavy atom. The number of rotatable bonds is 5. The Morgan fingerprint density at radius 3 is 3.00 bits per heavy atom. The Labute approximate surface area is 77.7 Å². The molecular formula is C8H16N4O. The van der Waals surface area contributed by atoms with Gasteiger partial charge in [-0.05, 0) is 12.3 Å². The smallest absolute Gasteiger partial charge is 0.0994 e. The fourth-order valence-electron chi connectivity index (χ4n) is 1.15. The maximum atomic E-state index is 5.95. The predicted octanol–water partition coefficient (Wildman–Crippen LogP) is 0.477. The van der Waals surface area contributed by atoms with Crippen molar-refractivity contribution in [3.8, 4) is 0 Å². The van der Waals surface area contributed by atoms with Crippen LogP contribution in [0.15, 0.2) is 6.20 Å². The first-order valence-electron chi connectivity index (χ1n) is 4.36. The minimum Gasteiger partial charge on any atom is -0.385 e. The Balaban J connectivity index is 2.43. The van der Waals surface area contributed by atoms with Gasteiger partial charge in [0.25, 0.3) is 0 Å². The summed E-state index contributed by atoms with van der Waals surface area (Å²) in [7, 11) is 1.69. The van der Waals surface area contributed by atoms with Crippen LogP contribution in [0.4, 0.5) is 0 Å². The average Bonchev–Trinajstić information content (AvgIpc) is 2.65. The van der Waals surface area contributed by atoms with Gasteiger partial charge in [-0.1, -0.05) is 6.92 Å². The number of aromatic amines is 1. The molecule has 1 aromatic rings. The van der Waals surface area contributed by atoms with Crippen molar-refractivity contribution in [3.05, 3.63) is 11.9 Å². The molecule has 1 heterocycles. The second-order valence-corrected chi connectivity index (χ2v) is 3.18. The Morgan fingerprint density at radius 1 is 1.69 bits per heavy atom. The highest BCUT2D eigenvalue weighted by Gasteiger charge is 2.16. The molecule has 2 atom stereocenters. The number of nitrogens with zero attached hydrogens (tertiary/aromatic N) is 2. The molecule has 0 saturated heterocycles. The van der Waals surface area contributed by atoms with Crippen molar-refractivity contribution in [3.63, 3.8) is 0 Å². The zero-order valence-electron chi connectivity index (χ0n) is 8.03. The molecule has 74 valence electrons. The summed E-state index contributed by atoms with van der Waals surface area (Å²) in [5.74, 6) is 0.352. The number of nitrogens with one attached hydrogen (secondary N) is 1. The molecule has 0 radical (unpaired) electrons. The van der Waals surface area contributed by atoms with E-state index in [1.165, 1.54) is 0 Å². The standard InChI is InChI=1S/C8H16N4O/c1-6(3-4-13-2)8(9)7-5-10-12-11-7/h5-6,8H,3-4,9H2,1-2H3,(H,10,11,12). The number of hydrogen-bond donors (Lipinski definition) is 2. The third-order valence-corrected chi connectivity index (χ3v) is 2.17. The van der Waals surface area contributed by atoms with Gasteiger partial charge in [-0.15, -0.1) is 0 Å². The molecule has 1 aromatic heterocycles. The summed E-state index contributed by atoms with van der Waals surface area (Å²) >= 11 is 0. The van der Waals surface area contributed by atoms with Crippen LogP contribution < -0.4 is 5.73 Å². The average molecular weight is 184 g/mol. The van der Waals surface area contributed by atoms with Crippen LogP contribution in [0.2, 0.25) is 0 Å². The van der Waals surface area contributed by atoms with E-state index >= 15 is 0 Å². The first-order chi connectivity index (χ1) is 6.25. The lowest BCUT2D eigenvalue weighted by molar-refractivity contribution is 0.174. The van der Waals surface area contributed by atoms with E-state index in [1.807, 2.05) is 0 Å². The first-order valence-corrected chi connectivity index (χ1v) is 4.36. The van der Waals surface area contributed by atoms with E-state index in [2.05, 4.69) is 22.3 Å². The van der Waals surface area contributed by atoms with Gasteiger partial charge >= 0.3 is 0 Å². The van der Waals surface area contributed by atoms with Crippen LogP contribution in [0.5, 0.6) is 0 Å². The second kappa shape index (κ2) is 4.94. The first kappa shape index (κ1) is 10.1. The van der Waals surface area contributed by atoms with Gasteiger partial charge < -0.3 is 10.5 Å². The summed E-state index contributed by atoms with van der Waals surface area (Å²) in [5.41, 5.74) is 6.75. The maximum absolute atomic E-state index is 5.95. The molecule has 5 nitrogen and oxygen atoms in total. The Bertz CT molecular complexity index is 224. The molecule has 0 saturated carbocycles. The summed E-state index contributed by atoms with van der Waals surface area (Å²) in [6.45, 7) is 2.81. The highest BCUT2D eigenvalue weighted by Crippen LogP contribution is 2.18. The SMILES string of the molecule is COCCC(C)C(N)c1cn[nH]n1. The molecule has 0 amide bonds. The molecule has 0 aromatic carbocycles. The third kappa shape index (κ3) is 2.78. The quantitative estimate of drug-likeness (QED) is 0.697. The van der Waals surface area contributed by atoms with E-state index in [1.54, 1.807) is 13.3 Å². The summed E-state index contributed by atoms with van der Waals surface area (Å²) in [4.78, 5) is 0. The summed E-state index contributed by atoms with van der Waals surface area (Å²) in [5, 5.41) is 10.2. The van der Waals surface area contributed by atoms with E-state index < -0.39 is 0 Å². The predicted molar refractivity (Wildman–Crippen MR) is 49.0 cm³/mol. The molecule has 2 unspecified atom stereocenters. The largest absolute Gasteiger partial charge is 0.385 e. The van der Waals surface area contributed by atoms with Crippen LogP contribution in [0.3, 0.4) is 0 Å². The zero-order chi connectivity index (χ0) is 9.68. The molecule has 13 heavy (non-hydrogen) atoms. The van der Waals surface area contributed by atoms with Crippen molar-refractivity contribution in [1.82, 2.24) is 15.4 Å². The van der Waals surface area contributed by atoms with Crippen LogP contribution in [0.25, 0.3) is 0 Å². The minimum absolute atomic E-state index is 0.0612. The monoisotopic (exact) mass is 184 g/mol. The van der Waals surface area contributed by atoms with Gasteiger partial charge in [-0.2, -0.15) is 15.4 Å². The van der Waals surface area contributed by atoms with Gasteiger partial charge in [0, 0.05) is 13.7 Å². The molecule has 0 aliphatic carbocycles. The Hall–Kier alpha value is -0.940. The maximum Gasteiger partial charge on any atom is 0.0994 e. The van der Waals surface area contributed by atoms with E-state index in [9.17, 15) is 0 Å². The van der Waals surface area contributed by atoms with Gasteiger partial charge in [0.05, 0.1) is 17.9 Å². The minimum atomic E-state index is -0.0612. The summed E-state index contributed by atoms with van der Waals surface area (Å²) < 4.78 is 4.98. The number of nitrogens with two attached hydrogens (primary N) is 1. The molecule has 1 rings (SSSR count). The molecule has 0 aliphatic heterocycles. The molecule has 5 heteroatoms. The van der Waals surface area contributed by atoms with Gasteiger partial charge in [0.15, 0.2) is 0 Å². The lowest BCUT2D eigenvalue weighted by atomic mass is 9.97. The molecule has 0 fully saturated rings. The Kier molecular flexibility index (Phi) is 3.85. The van der Waals surface area contributed by atoms with Crippen molar-refractivity contribution in [1.29, 1.82) is 0 Å². The zero-order valence-corrected chi connectivity index (χ0v) is 8.03. The second-order valence-electron chi connectivity index (χ2n) is 3.18. The molecular weight excluding hydrogens is 168 g/mol. The molecule has 0 spiro atoms. The lowest BCUT2D eigenvalue weighted by Crippen LogP contribution is -2.20. The van der Waals surface area contributed by atoms with Crippen LogP contribution in [-0.2, 0) is 4.74 Å². The van der Waals surface area contributed by atoms with E-state index in [-0.39, 0.29) is 6.04 Å². The normalized spacial score (nSPS) is 15.6. The van der Waals surface area contributed by atoms with Crippen molar-refractivity contribution >= 4 is 0 Å². The number of hydrogen-bond acceptors (Lipinski definition) is 4. The van der Waals surface area contributed by atoms with Crippen LogP contribution in [0, 0.1) is 5.92 Å². The van der Waals surface area contributed by atoms with Crippen LogP contribution in [-0.4, -0.2) is 29.1 Å². The van der Waals surface area contributed by atoms with E-state index in [0.717, 1.165) is 18.7 Å². The van der Waals surface area contributed by atoms with Crippen LogP contribution in [0.1, 0.15) is 25.1 Å². The molecule has 0 bridgehead atoms. The van der Waals surface area contributed by atoms with Gasteiger partial charge in [-0.25, -0.2) is 0 Å². The number of ether oxygens (including phenoxy) is 1. The van der Waals surface area contributed by atoms with Crippen molar-refractivity contribution < 1.29 is 4.74 Å². The lowest BCUT2D eigenvalue weighted by Gasteiger charge is -2.16. The number of methoxy groups -OCH3 is 1. The van der Waals surface area contributed by atoms with Gasteiger partial charge in [0.2, 0.25) is 0 Å². The van der Waals surface area contributed by atoms with Crippen LogP contribution >= 0.6 is 0 Å². The number of H-pyrrole nitrogens is 1. The molecule has 3 N–H and O–H groups in total. The van der Waals surface area contributed by atoms with Gasteiger partial charge in [-0.3, -0.25) is 0 Å². The third-order valence-electron chi connectivity index (χ3n) is 2.17. The fourth-order valence-corrected chi connectivity index (χ4v) is 1.15. The fraction of sp³-hybridized carbons (Fsp3) is 0.750. The molecule has 0 aliphatic rings. The topological polar surface area (TPSA) is 76.8 Å². The van der Waals surface area contributed by atoms with Crippen molar-refractivity contribution in [2.75, 3.05) is 13.7 Å². The van der Waals surface area contributed by atoms with Gasteiger partial charge in [0.1, 0.15) is 0 Å². The van der Waals surface area contributed by atoms with Crippen molar-refractivity contribution in [2.24, 2.45) is 11.7 Å². The summed E-state index contributed by atoms with van der Waals surface area (Å²) in [6, 6.07) is -0.0612. The summed E-state index contributed by atoms with van der Waals surface area (Å²) in [6.07, 6.45) is 2.60. The van der Waals surface area contributed by atoms with E-state index in [4.69, 9.17) is 10.5 Å². The van der Waals surface area contributed by atoms with Crippen molar-refractivity contribution in [2.45, 2.75) is 19.4 Å².